The first-order chi connectivity index (χ1) is 9.15. The minimum atomic E-state index is 0.326. The zero-order chi connectivity index (χ0) is 13.7. The first-order valence-corrected chi connectivity index (χ1v) is 7.41. The first kappa shape index (κ1) is 14.3. The number of likely N-dealkylation sites (N-methyl/N-ethyl adjacent to an activating group) is 1. The molecule has 1 aliphatic carbocycles. The van der Waals surface area contributed by atoms with Crippen LogP contribution >= 0.6 is 0 Å². The summed E-state index contributed by atoms with van der Waals surface area (Å²) >= 11 is 0. The predicted octanol–water partition coefficient (Wildman–Crippen LogP) is 3.31. The standard InChI is InChI=1S/C17H25NO/c1-14-7-6-10-16(11-14)18(2)13-17(19)12-15-8-4-3-5-9-15/h3-5,8-9,14,16H,6-7,10-13H2,1-2H3. The van der Waals surface area contributed by atoms with Gasteiger partial charge in [0.25, 0.3) is 0 Å². The highest BCUT2D eigenvalue weighted by atomic mass is 16.1. The molecule has 0 amide bonds. The summed E-state index contributed by atoms with van der Waals surface area (Å²) in [6.07, 6.45) is 5.72. The average Bonchev–Trinajstić information content (AvgIpc) is 2.39. The minimum Gasteiger partial charge on any atom is -0.298 e. The monoisotopic (exact) mass is 259 g/mol. The summed E-state index contributed by atoms with van der Waals surface area (Å²) in [5, 5.41) is 0. The number of ketones is 1. The Balaban J connectivity index is 1.81. The fourth-order valence-corrected chi connectivity index (χ4v) is 3.09. The van der Waals surface area contributed by atoms with Crippen LogP contribution in [0.2, 0.25) is 0 Å². The van der Waals surface area contributed by atoms with E-state index in [0.717, 1.165) is 11.5 Å². The van der Waals surface area contributed by atoms with Crippen molar-refractivity contribution in [2.24, 2.45) is 5.92 Å². The van der Waals surface area contributed by atoms with Crippen molar-refractivity contribution < 1.29 is 4.79 Å². The number of hydrogen-bond acceptors (Lipinski definition) is 2. The largest absolute Gasteiger partial charge is 0.298 e. The third kappa shape index (κ3) is 4.46. The molecule has 0 bridgehead atoms. The van der Waals surface area contributed by atoms with Gasteiger partial charge < -0.3 is 0 Å². The number of rotatable bonds is 5. The molecule has 104 valence electrons. The molecule has 1 aliphatic rings. The molecule has 0 saturated heterocycles. The van der Waals surface area contributed by atoms with E-state index in [1.54, 1.807) is 0 Å². The normalized spacial score (nSPS) is 23.5. The number of Topliss-reactive ketones (excluding diaryl/α,β-unsaturated/α-hetero) is 1. The van der Waals surface area contributed by atoms with Gasteiger partial charge in [-0.3, -0.25) is 9.69 Å². The lowest BCUT2D eigenvalue weighted by Gasteiger charge is -2.33. The molecule has 1 aromatic rings. The third-order valence-electron chi connectivity index (χ3n) is 4.20. The second-order valence-electron chi connectivity index (χ2n) is 6.04. The lowest BCUT2D eigenvalue weighted by Crippen LogP contribution is -2.39. The van der Waals surface area contributed by atoms with Crippen LogP contribution < -0.4 is 0 Å². The van der Waals surface area contributed by atoms with E-state index in [2.05, 4.69) is 18.9 Å². The molecule has 1 aromatic carbocycles. The maximum absolute atomic E-state index is 12.1. The van der Waals surface area contributed by atoms with Gasteiger partial charge in [-0.2, -0.15) is 0 Å². The van der Waals surface area contributed by atoms with Crippen LogP contribution in [-0.4, -0.2) is 30.3 Å². The molecule has 2 unspecified atom stereocenters. The van der Waals surface area contributed by atoms with E-state index < -0.39 is 0 Å². The molecule has 0 spiro atoms. The van der Waals surface area contributed by atoms with E-state index >= 15 is 0 Å². The van der Waals surface area contributed by atoms with E-state index in [9.17, 15) is 4.79 Å². The molecule has 0 radical (unpaired) electrons. The van der Waals surface area contributed by atoms with Crippen molar-refractivity contribution in [3.05, 3.63) is 35.9 Å². The minimum absolute atomic E-state index is 0.326. The van der Waals surface area contributed by atoms with Crippen molar-refractivity contribution in [1.82, 2.24) is 4.90 Å². The van der Waals surface area contributed by atoms with E-state index in [1.807, 2.05) is 30.3 Å². The summed E-state index contributed by atoms with van der Waals surface area (Å²) in [6.45, 7) is 2.91. The van der Waals surface area contributed by atoms with E-state index in [0.29, 0.717) is 24.8 Å². The van der Waals surface area contributed by atoms with Crippen molar-refractivity contribution in [3.8, 4) is 0 Å². The topological polar surface area (TPSA) is 20.3 Å². The molecule has 1 fully saturated rings. The summed E-state index contributed by atoms with van der Waals surface area (Å²) in [7, 11) is 2.10. The van der Waals surface area contributed by atoms with Crippen molar-refractivity contribution in [2.45, 2.75) is 45.1 Å². The van der Waals surface area contributed by atoms with Crippen molar-refractivity contribution in [1.29, 1.82) is 0 Å². The van der Waals surface area contributed by atoms with Gasteiger partial charge in [-0.1, -0.05) is 50.1 Å². The van der Waals surface area contributed by atoms with Gasteiger partial charge in [0.2, 0.25) is 0 Å². The lowest BCUT2D eigenvalue weighted by atomic mass is 9.86. The number of hydrogen-bond donors (Lipinski definition) is 0. The summed E-state index contributed by atoms with van der Waals surface area (Å²) in [5.74, 6) is 1.14. The van der Waals surface area contributed by atoms with E-state index in [4.69, 9.17) is 0 Å². The highest BCUT2D eigenvalue weighted by molar-refractivity contribution is 5.82. The molecule has 0 aliphatic heterocycles. The molecule has 0 aromatic heterocycles. The number of carbonyl (C=O) groups is 1. The molecule has 0 heterocycles. The molecule has 2 atom stereocenters. The first-order valence-electron chi connectivity index (χ1n) is 7.41. The fraction of sp³-hybridized carbons (Fsp3) is 0.588. The number of carbonyl (C=O) groups excluding carboxylic acids is 1. The molecule has 2 heteroatoms. The molecule has 2 rings (SSSR count). The molecular formula is C17H25NO. The van der Waals surface area contributed by atoms with Gasteiger partial charge in [-0.05, 0) is 31.4 Å². The molecule has 1 saturated carbocycles. The third-order valence-corrected chi connectivity index (χ3v) is 4.20. The van der Waals surface area contributed by atoms with Gasteiger partial charge in [-0.15, -0.1) is 0 Å². The summed E-state index contributed by atoms with van der Waals surface area (Å²) in [4.78, 5) is 14.4. The highest BCUT2D eigenvalue weighted by Gasteiger charge is 2.23. The molecular weight excluding hydrogens is 234 g/mol. The van der Waals surface area contributed by atoms with Gasteiger partial charge in [0, 0.05) is 12.5 Å². The van der Waals surface area contributed by atoms with Gasteiger partial charge in [-0.25, -0.2) is 0 Å². The average molecular weight is 259 g/mol. The number of nitrogens with zero attached hydrogens (tertiary/aromatic N) is 1. The van der Waals surface area contributed by atoms with Crippen LogP contribution in [0, 0.1) is 5.92 Å². The second kappa shape index (κ2) is 6.85. The van der Waals surface area contributed by atoms with Crippen molar-refractivity contribution >= 4 is 5.78 Å². The Kier molecular flexibility index (Phi) is 5.15. The van der Waals surface area contributed by atoms with Crippen LogP contribution in [0.5, 0.6) is 0 Å². The Bertz CT molecular complexity index is 401. The van der Waals surface area contributed by atoms with Gasteiger partial charge in [0.05, 0.1) is 6.54 Å². The highest BCUT2D eigenvalue weighted by Crippen LogP contribution is 2.26. The summed E-state index contributed by atoms with van der Waals surface area (Å²) in [5.41, 5.74) is 1.12. The maximum atomic E-state index is 12.1. The van der Waals surface area contributed by atoms with Crippen LogP contribution in [-0.2, 0) is 11.2 Å². The van der Waals surface area contributed by atoms with Gasteiger partial charge in [0.1, 0.15) is 0 Å². The summed E-state index contributed by atoms with van der Waals surface area (Å²) < 4.78 is 0. The predicted molar refractivity (Wildman–Crippen MR) is 79.2 cm³/mol. The Hall–Kier alpha value is -1.15. The van der Waals surface area contributed by atoms with E-state index in [-0.39, 0.29) is 0 Å². The lowest BCUT2D eigenvalue weighted by molar-refractivity contribution is -0.120. The van der Waals surface area contributed by atoms with Gasteiger partial charge in [0.15, 0.2) is 5.78 Å². The second-order valence-corrected chi connectivity index (χ2v) is 6.04. The molecule has 2 nitrogen and oxygen atoms in total. The SMILES string of the molecule is CC1CCCC(N(C)CC(=O)Cc2ccccc2)C1. The van der Waals surface area contributed by atoms with Crippen LogP contribution in [0.3, 0.4) is 0 Å². The Morgan fingerprint density at radius 1 is 1.26 bits per heavy atom. The summed E-state index contributed by atoms with van der Waals surface area (Å²) in [6, 6.07) is 10.6. The Labute approximate surface area is 116 Å². The Morgan fingerprint density at radius 2 is 2.00 bits per heavy atom. The molecule has 0 N–H and O–H groups in total. The van der Waals surface area contributed by atoms with Gasteiger partial charge >= 0.3 is 0 Å². The van der Waals surface area contributed by atoms with Crippen molar-refractivity contribution in [2.75, 3.05) is 13.6 Å². The smallest absolute Gasteiger partial charge is 0.151 e. The number of benzene rings is 1. The Morgan fingerprint density at radius 3 is 2.68 bits per heavy atom. The van der Waals surface area contributed by atoms with Crippen LogP contribution in [0.15, 0.2) is 30.3 Å². The van der Waals surface area contributed by atoms with Crippen molar-refractivity contribution in [3.63, 3.8) is 0 Å². The van der Waals surface area contributed by atoms with Crippen LogP contribution in [0.25, 0.3) is 0 Å². The zero-order valence-electron chi connectivity index (χ0n) is 12.1. The maximum Gasteiger partial charge on any atom is 0.151 e. The quantitative estimate of drug-likeness (QED) is 0.808. The molecule has 19 heavy (non-hydrogen) atoms. The van der Waals surface area contributed by atoms with E-state index in [1.165, 1.54) is 25.7 Å². The fourth-order valence-electron chi connectivity index (χ4n) is 3.09. The zero-order valence-corrected chi connectivity index (χ0v) is 12.1. The van der Waals surface area contributed by atoms with Crippen LogP contribution in [0.4, 0.5) is 0 Å². The van der Waals surface area contributed by atoms with Crippen LogP contribution in [0.1, 0.15) is 38.2 Å².